The molecule has 10 heteroatoms. The highest BCUT2D eigenvalue weighted by atomic mass is 32.2. The molecule has 0 unspecified atom stereocenters. The zero-order valence-electron chi connectivity index (χ0n) is 11.8. The minimum Gasteiger partial charge on any atom is -0.493 e. The summed E-state index contributed by atoms with van der Waals surface area (Å²) in [6, 6.07) is 6.13. The topological polar surface area (TPSA) is 113 Å². The van der Waals surface area contributed by atoms with Crippen LogP contribution in [0.1, 0.15) is 5.56 Å². The lowest BCUT2D eigenvalue weighted by Gasteiger charge is -2.13. The first-order chi connectivity index (χ1) is 10.8. The van der Waals surface area contributed by atoms with Crippen molar-refractivity contribution in [2.24, 2.45) is 0 Å². The van der Waals surface area contributed by atoms with E-state index in [-0.39, 0.29) is 5.69 Å². The molecule has 3 rings (SSSR count). The summed E-state index contributed by atoms with van der Waals surface area (Å²) >= 11 is 1.27. The standard InChI is InChI=1S/C13H11N3O5S2/c1-8-11(15-6-12(17)14-23(15,20)21)7-22-13(8)9-3-2-4-10(5-9)16(18)19/h2-7,14,17H,1H3. The molecule has 23 heavy (non-hydrogen) atoms. The van der Waals surface area contributed by atoms with E-state index in [1.54, 1.807) is 24.4 Å². The number of non-ortho nitro benzene ring substituents is 1. The van der Waals surface area contributed by atoms with Gasteiger partial charge in [0.1, 0.15) is 0 Å². The van der Waals surface area contributed by atoms with Gasteiger partial charge in [-0.15, -0.1) is 11.3 Å². The van der Waals surface area contributed by atoms with Crippen LogP contribution in [0, 0.1) is 17.0 Å². The average molecular weight is 353 g/mol. The molecule has 1 aromatic heterocycles. The molecule has 2 heterocycles. The van der Waals surface area contributed by atoms with Crippen LogP contribution in [0.5, 0.6) is 0 Å². The number of nitrogens with zero attached hydrogens (tertiary/aromatic N) is 2. The van der Waals surface area contributed by atoms with Gasteiger partial charge in [0.15, 0.2) is 0 Å². The van der Waals surface area contributed by atoms with Gasteiger partial charge in [-0.25, -0.2) is 9.03 Å². The first-order valence-corrected chi connectivity index (χ1v) is 8.67. The Hall–Kier alpha value is -2.59. The van der Waals surface area contributed by atoms with Crippen LogP contribution in [0.15, 0.2) is 41.7 Å². The zero-order chi connectivity index (χ0) is 16.8. The number of benzene rings is 1. The summed E-state index contributed by atoms with van der Waals surface area (Å²) < 4.78 is 26.8. The number of nitro benzene ring substituents is 1. The first-order valence-electron chi connectivity index (χ1n) is 6.35. The summed E-state index contributed by atoms with van der Waals surface area (Å²) in [6.07, 6.45) is 1.07. The Kier molecular flexibility index (Phi) is 3.49. The lowest BCUT2D eigenvalue weighted by molar-refractivity contribution is -0.384. The number of nitro groups is 1. The van der Waals surface area contributed by atoms with Crippen LogP contribution in [0.4, 0.5) is 11.4 Å². The third kappa shape index (κ3) is 2.62. The number of rotatable bonds is 3. The lowest BCUT2D eigenvalue weighted by Crippen LogP contribution is -2.29. The number of hydrogen-bond acceptors (Lipinski definition) is 6. The minimum atomic E-state index is -3.86. The Morgan fingerprint density at radius 2 is 2.13 bits per heavy atom. The molecule has 0 spiro atoms. The molecule has 0 amide bonds. The van der Waals surface area contributed by atoms with E-state index in [1.165, 1.54) is 23.5 Å². The van der Waals surface area contributed by atoms with Gasteiger partial charge in [-0.2, -0.15) is 8.42 Å². The maximum absolute atomic E-state index is 11.9. The zero-order valence-corrected chi connectivity index (χ0v) is 13.4. The monoisotopic (exact) mass is 353 g/mol. The van der Waals surface area contributed by atoms with Crippen molar-refractivity contribution in [3.63, 3.8) is 0 Å². The molecule has 0 aliphatic carbocycles. The Morgan fingerprint density at radius 1 is 1.39 bits per heavy atom. The van der Waals surface area contributed by atoms with Crippen LogP contribution in [-0.2, 0) is 10.2 Å². The molecular formula is C13H11N3O5S2. The molecule has 1 aliphatic rings. The Morgan fingerprint density at radius 3 is 2.74 bits per heavy atom. The van der Waals surface area contributed by atoms with Crippen molar-refractivity contribution in [3.8, 4) is 10.4 Å². The van der Waals surface area contributed by atoms with Gasteiger partial charge < -0.3 is 5.11 Å². The van der Waals surface area contributed by atoms with Crippen LogP contribution in [0.3, 0.4) is 0 Å². The lowest BCUT2D eigenvalue weighted by atomic mass is 10.1. The predicted octanol–water partition coefficient (Wildman–Crippen LogP) is 2.64. The highest BCUT2D eigenvalue weighted by Crippen LogP contribution is 2.39. The van der Waals surface area contributed by atoms with Gasteiger partial charge >= 0.3 is 10.2 Å². The van der Waals surface area contributed by atoms with E-state index < -0.39 is 21.0 Å². The van der Waals surface area contributed by atoms with E-state index >= 15 is 0 Å². The van der Waals surface area contributed by atoms with Crippen molar-refractivity contribution in [2.75, 3.05) is 4.31 Å². The summed E-state index contributed by atoms with van der Waals surface area (Å²) in [7, 11) is -3.86. The van der Waals surface area contributed by atoms with Gasteiger partial charge in [-0.1, -0.05) is 12.1 Å². The van der Waals surface area contributed by atoms with E-state index in [0.717, 1.165) is 15.4 Å². The Labute approximate surface area is 135 Å². The number of hydrogen-bond donors (Lipinski definition) is 2. The molecule has 0 saturated carbocycles. The molecule has 2 aromatic rings. The number of thiophene rings is 1. The first kappa shape index (κ1) is 15.3. The van der Waals surface area contributed by atoms with E-state index in [2.05, 4.69) is 0 Å². The second-order valence-electron chi connectivity index (χ2n) is 4.80. The minimum absolute atomic E-state index is 0.0372. The van der Waals surface area contributed by atoms with Gasteiger partial charge in [0.25, 0.3) is 5.69 Å². The molecule has 2 N–H and O–H groups in total. The summed E-state index contributed by atoms with van der Waals surface area (Å²) in [5, 5.41) is 21.9. The molecular weight excluding hydrogens is 342 g/mol. The van der Waals surface area contributed by atoms with E-state index in [9.17, 15) is 23.6 Å². The van der Waals surface area contributed by atoms with E-state index in [0.29, 0.717) is 16.8 Å². The summed E-state index contributed by atoms with van der Waals surface area (Å²) in [6.45, 7) is 1.72. The van der Waals surface area contributed by atoms with E-state index in [1.807, 2.05) is 4.72 Å². The molecule has 0 saturated heterocycles. The molecule has 1 aromatic carbocycles. The quantitative estimate of drug-likeness (QED) is 0.650. The van der Waals surface area contributed by atoms with Crippen LogP contribution in [0.2, 0.25) is 0 Å². The maximum Gasteiger partial charge on any atom is 0.330 e. The van der Waals surface area contributed by atoms with E-state index in [4.69, 9.17) is 0 Å². The van der Waals surface area contributed by atoms with Gasteiger partial charge in [0.2, 0.25) is 5.88 Å². The second-order valence-corrected chi connectivity index (χ2v) is 7.23. The summed E-state index contributed by atoms with van der Waals surface area (Å²) in [5.74, 6) is -0.465. The SMILES string of the molecule is Cc1c(N2C=C(O)NS2(=O)=O)csc1-c1cccc([N+](=O)[O-])c1. The van der Waals surface area contributed by atoms with Gasteiger partial charge in [0.05, 0.1) is 16.8 Å². The largest absolute Gasteiger partial charge is 0.493 e. The molecule has 120 valence electrons. The predicted molar refractivity (Wildman–Crippen MR) is 86.4 cm³/mol. The average Bonchev–Trinajstić information content (AvgIpc) is 2.97. The van der Waals surface area contributed by atoms with Crippen LogP contribution >= 0.6 is 11.3 Å². The van der Waals surface area contributed by atoms with Crippen molar-refractivity contribution >= 4 is 32.9 Å². The van der Waals surface area contributed by atoms with Gasteiger partial charge in [-0.3, -0.25) is 10.1 Å². The summed E-state index contributed by atoms with van der Waals surface area (Å²) in [5.41, 5.74) is 1.62. The van der Waals surface area contributed by atoms with Crippen LogP contribution < -0.4 is 9.03 Å². The van der Waals surface area contributed by atoms with Crippen molar-refractivity contribution in [2.45, 2.75) is 6.92 Å². The fourth-order valence-corrected chi connectivity index (χ4v) is 4.49. The Balaban J connectivity index is 2.07. The fraction of sp³-hybridized carbons (Fsp3) is 0.0769. The number of aliphatic hydroxyl groups is 1. The number of aliphatic hydroxyl groups excluding tert-OH is 1. The third-order valence-corrected chi connectivity index (χ3v) is 5.71. The van der Waals surface area contributed by atoms with Crippen molar-refractivity contribution < 1.29 is 18.4 Å². The molecule has 1 aliphatic heterocycles. The van der Waals surface area contributed by atoms with Crippen LogP contribution in [-0.4, -0.2) is 18.4 Å². The van der Waals surface area contributed by atoms with Crippen molar-refractivity contribution in [1.29, 1.82) is 0 Å². The molecule has 0 fully saturated rings. The number of nitrogens with one attached hydrogen (secondary N) is 1. The molecule has 0 radical (unpaired) electrons. The third-order valence-electron chi connectivity index (χ3n) is 3.30. The normalized spacial score (nSPS) is 16.0. The van der Waals surface area contributed by atoms with Gasteiger partial charge in [0, 0.05) is 22.4 Å². The molecule has 8 nitrogen and oxygen atoms in total. The van der Waals surface area contributed by atoms with Gasteiger partial charge in [-0.05, 0) is 18.1 Å². The molecule has 0 bridgehead atoms. The maximum atomic E-state index is 11.9. The smallest absolute Gasteiger partial charge is 0.330 e. The highest BCUT2D eigenvalue weighted by molar-refractivity contribution is 7.91. The second kappa shape index (κ2) is 5.25. The van der Waals surface area contributed by atoms with Crippen LogP contribution in [0.25, 0.3) is 10.4 Å². The Bertz CT molecular complexity index is 933. The van der Waals surface area contributed by atoms with Crippen molar-refractivity contribution in [3.05, 3.63) is 57.4 Å². The summed E-state index contributed by atoms with van der Waals surface area (Å²) in [4.78, 5) is 11.1. The number of anilines is 1. The fourth-order valence-electron chi connectivity index (χ4n) is 2.26. The molecule has 0 atom stereocenters. The van der Waals surface area contributed by atoms with Crippen molar-refractivity contribution in [1.82, 2.24) is 4.72 Å². The highest BCUT2D eigenvalue weighted by Gasteiger charge is 2.31.